The molecule has 0 aliphatic carbocycles. The number of hydrogen-bond acceptors (Lipinski definition) is 3. The van der Waals surface area contributed by atoms with Gasteiger partial charge in [0.1, 0.15) is 6.04 Å². The maximum Gasteiger partial charge on any atom is 0.251 e. The third-order valence-corrected chi connectivity index (χ3v) is 3.49. The molecular formula is C17H21N3O3. The number of aliphatic hydroxyl groups excluding tert-OH is 1. The fourth-order valence-electron chi connectivity index (χ4n) is 2.08. The van der Waals surface area contributed by atoms with Crippen LogP contribution in [-0.4, -0.2) is 34.6 Å². The SMILES string of the molecule is CC(C(=O)Nc1ccc(C(=O)NCCCO)cc1)n1cccc1. The van der Waals surface area contributed by atoms with Gasteiger partial charge in [0.25, 0.3) is 5.91 Å². The van der Waals surface area contributed by atoms with Crippen LogP contribution in [-0.2, 0) is 4.79 Å². The minimum Gasteiger partial charge on any atom is -0.396 e. The predicted molar refractivity (Wildman–Crippen MR) is 88.3 cm³/mol. The average molecular weight is 315 g/mol. The number of rotatable bonds is 7. The Hall–Kier alpha value is -2.60. The van der Waals surface area contributed by atoms with Crippen molar-refractivity contribution >= 4 is 17.5 Å². The highest BCUT2D eigenvalue weighted by atomic mass is 16.3. The van der Waals surface area contributed by atoms with E-state index in [1.165, 1.54) is 0 Å². The first-order valence-electron chi connectivity index (χ1n) is 7.54. The number of anilines is 1. The summed E-state index contributed by atoms with van der Waals surface area (Å²) in [5.41, 5.74) is 1.15. The molecule has 6 heteroatoms. The van der Waals surface area contributed by atoms with Crippen LogP contribution in [0, 0.1) is 0 Å². The number of carbonyl (C=O) groups excluding carboxylic acids is 2. The minimum atomic E-state index is -0.313. The van der Waals surface area contributed by atoms with Gasteiger partial charge in [-0.25, -0.2) is 0 Å². The number of nitrogens with one attached hydrogen (secondary N) is 2. The molecule has 0 radical (unpaired) electrons. The molecule has 0 saturated carbocycles. The molecule has 1 atom stereocenters. The van der Waals surface area contributed by atoms with E-state index in [-0.39, 0.29) is 24.5 Å². The van der Waals surface area contributed by atoms with Crippen LogP contribution in [0.3, 0.4) is 0 Å². The third-order valence-electron chi connectivity index (χ3n) is 3.49. The van der Waals surface area contributed by atoms with Crippen LogP contribution in [0.2, 0.25) is 0 Å². The minimum absolute atomic E-state index is 0.0465. The zero-order chi connectivity index (χ0) is 16.7. The normalized spacial score (nSPS) is 11.7. The van der Waals surface area contributed by atoms with Crippen LogP contribution in [0.15, 0.2) is 48.8 Å². The van der Waals surface area contributed by atoms with Gasteiger partial charge in [0.2, 0.25) is 5.91 Å². The van der Waals surface area contributed by atoms with E-state index < -0.39 is 0 Å². The molecule has 0 bridgehead atoms. The Labute approximate surface area is 135 Å². The van der Waals surface area contributed by atoms with E-state index in [9.17, 15) is 9.59 Å². The number of benzene rings is 1. The number of aromatic nitrogens is 1. The average Bonchev–Trinajstić information content (AvgIpc) is 3.09. The Morgan fingerprint density at radius 3 is 2.43 bits per heavy atom. The summed E-state index contributed by atoms with van der Waals surface area (Å²) in [6.45, 7) is 2.30. The Bertz CT molecular complexity index is 636. The molecule has 23 heavy (non-hydrogen) atoms. The van der Waals surface area contributed by atoms with Crippen LogP contribution in [0.1, 0.15) is 29.7 Å². The van der Waals surface area contributed by atoms with Crippen LogP contribution < -0.4 is 10.6 Å². The van der Waals surface area contributed by atoms with E-state index in [0.29, 0.717) is 24.2 Å². The molecular weight excluding hydrogens is 294 g/mol. The molecule has 1 aromatic carbocycles. The first-order chi connectivity index (χ1) is 11.1. The predicted octanol–water partition coefficient (Wildman–Crippen LogP) is 1.80. The van der Waals surface area contributed by atoms with E-state index in [1.54, 1.807) is 24.3 Å². The van der Waals surface area contributed by atoms with Crippen LogP contribution in [0.25, 0.3) is 0 Å². The lowest BCUT2D eigenvalue weighted by molar-refractivity contribution is -0.118. The fraction of sp³-hybridized carbons (Fsp3) is 0.294. The van der Waals surface area contributed by atoms with E-state index in [2.05, 4.69) is 10.6 Å². The Morgan fingerprint density at radius 1 is 1.17 bits per heavy atom. The highest BCUT2D eigenvalue weighted by molar-refractivity contribution is 5.96. The Kier molecular flexibility index (Phi) is 5.94. The largest absolute Gasteiger partial charge is 0.396 e. The van der Waals surface area contributed by atoms with Crippen LogP contribution >= 0.6 is 0 Å². The van der Waals surface area contributed by atoms with Crippen molar-refractivity contribution < 1.29 is 14.7 Å². The zero-order valence-corrected chi connectivity index (χ0v) is 13.0. The monoisotopic (exact) mass is 315 g/mol. The van der Waals surface area contributed by atoms with Crippen molar-refractivity contribution in [2.75, 3.05) is 18.5 Å². The molecule has 0 spiro atoms. The molecule has 6 nitrogen and oxygen atoms in total. The van der Waals surface area contributed by atoms with Gasteiger partial charge in [-0.1, -0.05) is 0 Å². The maximum atomic E-state index is 12.2. The number of hydrogen-bond donors (Lipinski definition) is 3. The van der Waals surface area contributed by atoms with Gasteiger partial charge in [0.15, 0.2) is 0 Å². The Morgan fingerprint density at radius 2 is 1.83 bits per heavy atom. The molecule has 2 aromatic rings. The highest BCUT2D eigenvalue weighted by Gasteiger charge is 2.14. The summed E-state index contributed by atoms with van der Waals surface area (Å²) in [6.07, 6.45) is 4.20. The Balaban J connectivity index is 1.92. The smallest absolute Gasteiger partial charge is 0.251 e. The van der Waals surface area contributed by atoms with Gasteiger partial charge in [-0.2, -0.15) is 0 Å². The topological polar surface area (TPSA) is 83.4 Å². The van der Waals surface area contributed by atoms with Crippen molar-refractivity contribution in [2.24, 2.45) is 0 Å². The summed E-state index contributed by atoms with van der Waals surface area (Å²) >= 11 is 0. The molecule has 1 unspecified atom stereocenters. The van der Waals surface area contributed by atoms with Gasteiger partial charge in [-0.05, 0) is 49.7 Å². The number of aliphatic hydroxyl groups is 1. The third kappa shape index (κ3) is 4.69. The van der Waals surface area contributed by atoms with Gasteiger partial charge >= 0.3 is 0 Å². The molecule has 1 aromatic heterocycles. The van der Waals surface area contributed by atoms with Crippen LogP contribution in [0.4, 0.5) is 5.69 Å². The first-order valence-corrected chi connectivity index (χ1v) is 7.54. The van der Waals surface area contributed by atoms with Crippen molar-refractivity contribution in [3.8, 4) is 0 Å². The quantitative estimate of drug-likeness (QED) is 0.681. The van der Waals surface area contributed by atoms with E-state index in [0.717, 1.165) is 0 Å². The van der Waals surface area contributed by atoms with E-state index in [1.807, 2.05) is 36.0 Å². The lowest BCUT2D eigenvalue weighted by atomic mass is 10.2. The van der Waals surface area contributed by atoms with Crippen molar-refractivity contribution in [1.29, 1.82) is 0 Å². The van der Waals surface area contributed by atoms with Gasteiger partial charge in [0.05, 0.1) is 0 Å². The number of amides is 2. The van der Waals surface area contributed by atoms with Crippen molar-refractivity contribution in [3.63, 3.8) is 0 Å². The highest BCUT2D eigenvalue weighted by Crippen LogP contribution is 2.13. The fourth-order valence-corrected chi connectivity index (χ4v) is 2.08. The first kappa shape index (κ1) is 16.8. The zero-order valence-electron chi connectivity index (χ0n) is 13.0. The second kappa shape index (κ2) is 8.14. The summed E-state index contributed by atoms with van der Waals surface area (Å²) < 4.78 is 1.82. The molecule has 3 N–H and O–H groups in total. The van der Waals surface area contributed by atoms with Gasteiger partial charge in [-0.15, -0.1) is 0 Å². The van der Waals surface area contributed by atoms with E-state index >= 15 is 0 Å². The molecule has 0 fully saturated rings. The lowest BCUT2D eigenvalue weighted by Gasteiger charge is -2.14. The van der Waals surface area contributed by atoms with Crippen LogP contribution in [0.5, 0.6) is 0 Å². The molecule has 2 rings (SSSR count). The summed E-state index contributed by atoms with van der Waals surface area (Å²) in [7, 11) is 0. The van der Waals surface area contributed by atoms with E-state index in [4.69, 9.17) is 5.11 Å². The standard InChI is InChI=1S/C17H21N3O3/c1-13(20-10-2-3-11-20)16(22)19-15-7-5-14(6-8-15)17(23)18-9-4-12-21/h2-3,5-8,10-11,13,21H,4,9,12H2,1H3,(H,18,23)(H,19,22). The molecule has 0 saturated heterocycles. The van der Waals surface area contributed by atoms with Crippen molar-refractivity contribution in [2.45, 2.75) is 19.4 Å². The molecule has 2 amide bonds. The summed E-state index contributed by atoms with van der Waals surface area (Å²) in [4.78, 5) is 24.0. The summed E-state index contributed by atoms with van der Waals surface area (Å²) in [6, 6.07) is 10.1. The lowest BCUT2D eigenvalue weighted by Crippen LogP contribution is -2.25. The van der Waals surface area contributed by atoms with Gasteiger partial charge in [0, 0.05) is 36.8 Å². The summed E-state index contributed by atoms with van der Waals surface area (Å²) in [5, 5.41) is 14.2. The second-order valence-corrected chi connectivity index (χ2v) is 5.21. The summed E-state index contributed by atoms with van der Waals surface area (Å²) in [5.74, 6) is -0.321. The molecule has 0 aliphatic heterocycles. The maximum absolute atomic E-state index is 12.2. The van der Waals surface area contributed by atoms with Gasteiger partial charge < -0.3 is 20.3 Å². The second-order valence-electron chi connectivity index (χ2n) is 5.21. The molecule has 122 valence electrons. The number of nitrogens with zero attached hydrogens (tertiary/aromatic N) is 1. The number of carbonyl (C=O) groups is 2. The van der Waals surface area contributed by atoms with Crippen molar-refractivity contribution in [1.82, 2.24) is 9.88 Å². The van der Waals surface area contributed by atoms with Gasteiger partial charge in [-0.3, -0.25) is 9.59 Å². The molecule has 0 aliphatic rings. The molecule has 1 heterocycles. The van der Waals surface area contributed by atoms with Crippen molar-refractivity contribution in [3.05, 3.63) is 54.4 Å².